The van der Waals surface area contributed by atoms with Crippen LogP contribution < -0.4 is 4.90 Å². The summed E-state index contributed by atoms with van der Waals surface area (Å²) in [5.74, 6) is 0. The third-order valence-electron chi connectivity index (χ3n) is 6.70. The first-order chi connectivity index (χ1) is 14.5. The summed E-state index contributed by atoms with van der Waals surface area (Å²) in [5.41, 5.74) is 8.05. The van der Waals surface area contributed by atoms with Crippen LogP contribution in [0.3, 0.4) is 0 Å². The lowest BCUT2D eigenvalue weighted by Gasteiger charge is -2.25. The lowest BCUT2D eigenvalue weighted by molar-refractivity contribution is 0.660. The molecule has 0 amide bonds. The molecule has 0 aliphatic heterocycles. The summed E-state index contributed by atoms with van der Waals surface area (Å²) in [6.07, 6.45) is 0. The molecule has 1 heterocycles. The zero-order valence-electron chi connectivity index (χ0n) is 17.4. The molecule has 5 aromatic rings. The van der Waals surface area contributed by atoms with Crippen molar-refractivity contribution in [3.8, 4) is 11.1 Å². The van der Waals surface area contributed by atoms with E-state index in [1.54, 1.807) is 0 Å². The van der Waals surface area contributed by atoms with E-state index in [0.717, 1.165) is 0 Å². The van der Waals surface area contributed by atoms with Gasteiger partial charge in [0.15, 0.2) is 0 Å². The van der Waals surface area contributed by atoms with E-state index in [1.165, 1.54) is 53.8 Å². The number of nitrogens with zero attached hydrogens (tertiary/aromatic N) is 1. The van der Waals surface area contributed by atoms with Crippen LogP contribution in [0.1, 0.15) is 25.0 Å². The molecule has 2 heteroatoms. The maximum absolute atomic E-state index is 2.38. The number of rotatable bonds is 2. The summed E-state index contributed by atoms with van der Waals surface area (Å²) in [6, 6.07) is 31.3. The standard InChI is InChI=1S/C28H23NS/c1-28(2)24-10-6-4-8-20(24)21-14-12-19(17-25(21)28)29(3)18-13-15-27-23(16-18)22-9-5-7-11-26(22)30-27/h4-17H,1-3H3. The molecular formula is C28H23NS. The first kappa shape index (κ1) is 17.7. The van der Waals surface area contributed by atoms with Crippen molar-refractivity contribution in [3.63, 3.8) is 0 Å². The van der Waals surface area contributed by atoms with Crippen LogP contribution in [0, 0.1) is 0 Å². The summed E-state index contributed by atoms with van der Waals surface area (Å²) >= 11 is 1.87. The Labute approximate surface area is 181 Å². The minimum atomic E-state index is 0.0241. The Balaban J connectivity index is 1.46. The van der Waals surface area contributed by atoms with E-state index < -0.39 is 0 Å². The highest BCUT2D eigenvalue weighted by Crippen LogP contribution is 2.49. The van der Waals surface area contributed by atoms with Gasteiger partial charge in [0.2, 0.25) is 0 Å². The van der Waals surface area contributed by atoms with Crippen LogP contribution in [0.4, 0.5) is 11.4 Å². The molecule has 30 heavy (non-hydrogen) atoms. The summed E-state index contributed by atoms with van der Waals surface area (Å²) < 4.78 is 2.70. The highest BCUT2D eigenvalue weighted by molar-refractivity contribution is 7.25. The highest BCUT2D eigenvalue weighted by Gasteiger charge is 2.35. The van der Waals surface area contributed by atoms with Crippen LogP contribution in [0.25, 0.3) is 31.3 Å². The second-order valence-corrected chi connectivity index (χ2v) is 9.82. The lowest BCUT2D eigenvalue weighted by Crippen LogP contribution is -2.16. The Kier molecular flexibility index (Phi) is 3.66. The molecule has 146 valence electrons. The Morgan fingerprint density at radius 2 is 1.30 bits per heavy atom. The molecule has 0 spiro atoms. The molecule has 1 aliphatic rings. The third-order valence-corrected chi connectivity index (χ3v) is 7.85. The fraction of sp³-hybridized carbons (Fsp3) is 0.143. The zero-order chi connectivity index (χ0) is 20.5. The van der Waals surface area contributed by atoms with Crippen LogP contribution in [-0.2, 0) is 5.41 Å². The van der Waals surface area contributed by atoms with Crippen LogP contribution in [0.2, 0.25) is 0 Å². The molecule has 0 N–H and O–H groups in total. The molecular weight excluding hydrogens is 382 g/mol. The van der Waals surface area contributed by atoms with Crippen LogP contribution in [-0.4, -0.2) is 7.05 Å². The molecule has 0 saturated carbocycles. The molecule has 0 fully saturated rings. The Bertz CT molecular complexity index is 1440. The number of thiophene rings is 1. The number of benzene rings is 4. The second kappa shape index (κ2) is 6.20. The average Bonchev–Trinajstić information content (AvgIpc) is 3.26. The Morgan fingerprint density at radius 1 is 0.633 bits per heavy atom. The van der Waals surface area contributed by atoms with Crippen molar-refractivity contribution in [1.29, 1.82) is 0 Å². The number of hydrogen-bond donors (Lipinski definition) is 0. The monoisotopic (exact) mass is 405 g/mol. The summed E-state index contributed by atoms with van der Waals surface area (Å²) in [4.78, 5) is 2.31. The first-order valence-electron chi connectivity index (χ1n) is 10.4. The fourth-order valence-electron chi connectivity index (χ4n) is 4.97. The first-order valence-corrected chi connectivity index (χ1v) is 11.2. The summed E-state index contributed by atoms with van der Waals surface area (Å²) in [7, 11) is 2.17. The highest BCUT2D eigenvalue weighted by atomic mass is 32.1. The molecule has 1 nitrogen and oxygen atoms in total. The second-order valence-electron chi connectivity index (χ2n) is 8.74. The van der Waals surface area contributed by atoms with Gasteiger partial charge in [0.1, 0.15) is 0 Å². The number of anilines is 2. The van der Waals surface area contributed by atoms with E-state index in [0.29, 0.717) is 0 Å². The quantitative estimate of drug-likeness (QED) is 0.286. The van der Waals surface area contributed by atoms with Crippen molar-refractivity contribution >= 4 is 42.9 Å². The minimum Gasteiger partial charge on any atom is -0.345 e. The molecule has 6 rings (SSSR count). The zero-order valence-corrected chi connectivity index (χ0v) is 18.3. The maximum Gasteiger partial charge on any atom is 0.0415 e. The predicted molar refractivity (Wildman–Crippen MR) is 131 cm³/mol. The molecule has 0 unspecified atom stereocenters. The van der Waals surface area contributed by atoms with E-state index >= 15 is 0 Å². The predicted octanol–water partition coefficient (Wildman–Crippen LogP) is 8.13. The van der Waals surface area contributed by atoms with E-state index in [4.69, 9.17) is 0 Å². The van der Waals surface area contributed by atoms with Crippen molar-refractivity contribution in [2.75, 3.05) is 11.9 Å². The van der Waals surface area contributed by atoms with Gasteiger partial charge in [-0.05, 0) is 58.7 Å². The Morgan fingerprint density at radius 3 is 2.20 bits per heavy atom. The van der Waals surface area contributed by atoms with Gasteiger partial charge in [0, 0.05) is 44.0 Å². The van der Waals surface area contributed by atoms with Gasteiger partial charge in [-0.15, -0.1) is 11.3 Å². The van der Waals surface area contributed by atoms with E-state index in [-0.39, 0.29) is 5.41 Å². The van der Waals surface area contributed by atoms with E-state index in [9.17, 15) is 0 Å². The molecule has 1 aliphatic carbocycles. The minimum absolute atomic E-state index is 0.0241. The average molecular weight is 406 g/mol. The van der Waals surface area contributed by atoms with Gasteiger partial charge in [-0.3, -0.25) is 0 Å². The molecule has 0 saturated heterocycles. The van der Waals surface area contributed by atoms with Gasteiger partial charge in [0.25, 0.3) is 0 Å². The van der Waals surface area contributed by atoms with Gasteiger partial charge in [-0.25, -0.2) is 0 Å². The summed E-state index contributed by atoms with van der Waals surface area (Å²) in [5, 5.41) is 2.69. The number of hydrogen-bond acceptors (Lipinski definition) is 2. The molecule has 4 aromatic carbocycles. The van der Waals surface area contributed by atoms with Crippen molar-refractivity contribution in [2.24, 2.45) is 0 Å². The van der Waals surface area contributed by atoms with Crippen molar-refractivity contribution in [2.45, 2.75) is 19.3 Å². The van der Waals surface area contributed by atoms with E-state index in [1.807, 2.05) is 11.3 Å². The Hall–Kier alpha value is -3.10. The maximum atomic E-state index is 2.38. The molecule has 0 atom stereocenters. The molecule has 0 radical (unpaired) electrons. The topological polar surface area (TPSA) is 3.24 Å². The van der Waals surface area contributed by atoms with Crippen LogP contribution in [0.5, 0.6) is 0 Å². The van der Waals surface area contributed by atoms with Gasteiger partial charge < -0.3 is 4.90 Å². The number of fused-ring (bicyclic) bond motifs is 6. The van der Waals surface area contributed by atoms with Gasteiger partial charge in [-0.2, -0.15) is 0 Å². The summed E-state index contributed by atoms with van der Waals surface area (Å²) in [6.45, 7) is 4.68. The molecule has 0 bridgehead atoms. The third kappa shape index (κ3) is 2.41. The fourth-order valence-corrected chi connectivity index (χ4v) is 6.06. The van der Waals surface area contributed by atoms with Gasteiger partial charge in [0.05, 0.1) is 0 Å². The lowest BCUT2D eigenvalue weighted by atomic mass is 9.82. The van der Waals surface area contributed by atoms with Gasteiger partial charge in [-0.1, -0.05) is 62.4 Å². The van der Waals surface area contributed by atoms with E-state index in [2.05, 4.69) is 111 Å². The van der Waals surface area contributed by atoms with Crippen LogP contribution in [0.15, 0.2) is 84.9 Å². The molecule has 1 aromatic heterocycles. The van der Waals surface area contributed by atoms with Gasteiger partial charge >= 0.3 is 0 Å². The largest absolute Gasteiger partial charge is 0.345 e. The van der Waals surface area contributed by atoms with Crippen molar-refractivity contribution in [3.05, 3.63) is 96.1 Å². The van der Waals surface area contributed by atoms with Crippen molar-refractivity contribution < 1.29 is 0 Å². The normalized spacial score (nSPS) is 14.1. The smallest absolute Gasteiger partial charge is 0.0415 e. The van der Waals surface area contributed by atoms with Crippen molar-refractivity contribution in [1.82, 2.24) is 0 Å². The SMILES string of the molecule is CN(c1ccc2c(c1)C(C)(C)c1ccccc1-2)c1ccc2sc3ccccc3c2c1. The van der Waals surface area contributed by atoms with Crippen LogP contribution >= 0.6 is 11.3 Å².